The first-order valence-electron chi connectivity index (χ1n) is 5.67. The number of carboxylic acids is 1. The Kier molecular flexibility index (Phi) is 3.80. The maximum atomic E-state index is 13.0. The molecule has 19 heavy (non-hydrogen) atoms. The van der Waals surface area contributed by atoms with Gasteiger partial charge in [-0.1, -0.05) is 0 Å². The fraction of sp³-hybridized carbons (Fsp3) is 0.231. The number of halogens is 1. The van der Waals surface area contributed by atoms with Gasteiger partial charge < -0.3 is 10.4 Å². The van der Waals surface area contributed by atoms with Crippen molar-refractivity contribution in [1.82, 2.24) is 5.32 Å². The van der Waals surface area contributed by atoms with Crippen molar-refractivity contribution in [3.05, 3.63) is 35.0 Å². The third-order valence-electron chi connectivity index (χ3n) is 2.56. The van der Waals surface area contributed by atoms with Gasteiger partial charge in [0.1, 0.15) is 5.82 Å². The highest BCUT2D eigenvalue weighted by Crippen LogP contribution is 2.26. The summed E-state index contributed by atoms with van der Waals surface area (Å²) in [4.78, 5) is 22.9. The number of fused-ring (bicyclic) bond motifs is 1. The van der Waals surface area contributed by atoms with Crippen LogP contribution in [0.2, 0.25) is 0 Å². The molecule has 1 atom stereocenters. The van der Waals surface area contributed by atoms with Crippen molar-refractivity contribution in [3.8, 4) is 0 Å². The fourth-order valence-corrected chi connectivity index (χ4v) is 2.68. The van der Waals surface area contributed by atoms with Crippen molar-refractivity contribution < 1.29 is 19.1 Å². The van der Waals surface area contributed by atoms with Crippen LogP contribution in [0.25, 0.3) is 10.1 Å². The molecule has 1 amide bonds. The van der Waals surface area contributed by atoms with Crippen LogP contribution in [0.3, 0.4) is 0 Å². The van der Waals surface area contributed by atoms with Crippen LogP contribution in [-0.4, -0.2) is 23.0 Å². The van der Waals surface area contributed by atoms with Crippen LogP contribution in [0.1, 0.15) is 23.0 Å². The molecule has 4 nitrogen and oxygen atoms in total. The van der Waals surface area contributed by atoms with Crippen molar-refractivity contribution in [1.29, 1.82) is 0 Å². The minimum atomic E-state index is -0.966. The SMILES string of the molecule is CC(CC(=O)O)NC(=O)c1cc2cc(F)ccc2s1. The predicted molar refractivity (Wildman–Crippen MR) is 71.0 cm³/mol. The monoisotopic (exact) mass is 281 g/mol. The zero-order chi connectivity index (χ0) is 14.0. The minimum Gasteiger partial charge on any atom is -0.481 e. The summed E-state index contributed by atoms with van der Waals surface area (Å²) in [5.41, 5.74) is 0. The van der Waals surface area contributed by atoms with Crippen molar-refractivity contribution in [2.45, 2.75) is 19.4 Å². The van der Waals surface area contributed by atoms with Gasteiger partial charge in [0, 0.05) is 10.7 Å². The molecule has 1 unspecified atom stereocenters. The number of rotatable bonds is 4. The predicted octanol–water partition coefficient (Wildman–Crippen LogP) is 2.63. The minimum absolute atomic E-state index is 0.134. The lowest BCUT2D eigenvalue weighted by Gasteiger charge is -2.09. The lowest BCUT2D eigenvalue weighted by Crippen LogP contribution is -2.33. The Labute approximate surface area is 112 Å². The quantitative estimate of drug-likeness (QED) is 0.905. The lowest BCUT2D eigenvalue weighted by molar-refractivity contribution is -0.137. The van der Waals surface area contributed by atoms with E-state index in [0.717, 1.165) is 4.70 Å². The van der Waals surface area contributed by atoms with Gasteiger partial charge in [-0.2, -0.15) is 0 Å². The van der Waals surface area contributed by atoms with Crippen LogP contribution >= 0.6 is 11.3 Å². The van der Waals surface area contributed by atoms with Gasteiger partial charge >= 0.3 is 5.97 Å². The van der Waals surface area contributed by atoms with Gasteiger partial charge in [-0.25, -0.2) is 4.39 Å². The van der Waals surface area contributed by atoms with E-state index in [1.54, 1.807) is 19.1 Å². The van der Waals surface area contributed by atoms with E-state index in [2.05, 4.69) is 5.32 Å². The van der Waals surface area contributed by atoms with Gasteiger partial charge in [0.25, 0.3) is 5.91 Å². The van der Waals surface area contributed by atoms with E-state index in [1.807, 2.05) is 0 Å². The van der Waals surface area contributed by atoms with Crippen LogP contribution in [0, 0.1) is 5.82 Å². The maximum Gasteiger partial charge on any atom is 0.305 e. The van der Waals surface area contributed by atoms with E-state index < -0.39 is 12.0 Å². The van der Waals surface area contributed by atoms with Crippen molar-refractivity contribution >= 4 is 33.3 Å². The number of carboxylic acid groups (broad SMARTS) is 1. The molecule has 0 aliphatic carbocycles. The molecular weight excluding hydrogens is 269 g/mol. The number of carbonyl (C=O) groups is 2. The highest BCUT2D eigenvalue weighted by atomic mass is 32.1. The average Bonchev–Trinajstić information content (AvgIpc) is 2.70. The van der Waals surface area contributed by atoms with E-state index in [-0.39, 0.29) is 18.1 Å². The molecule has 1 aromatic heterocycles. The summed E-state index contributed by atoms with van der Waals surface area (Å²) in [6, 6.07) is 5.47. The molecule has 0 aliphatic heterocycles. The van der Waals surface area contributed by atoms with Gasteiger partial charge in [0.2, 0.25) is 0 Å². The number of benzene rings is 1. The van der Waals surface area contributed by atoms with Gasteiger partial charge in [0.05, 0.1) is 11.3 Å². The van der Waals surface area contributed by atoms with E-state index in [9.17, 15) is 14.0 Å². The number of hydrogen-bond acceptors (Lipinski definition) is 3. The molecule has 0 aliphatic rings. The number of aliphatic carboxylic acids is 1. The smallest absolute Gasteiger partial charge is 0.305 e. The molecule has 0 saturated heterocycles. The van der Waals surface area contributed by atoms with Gasteiger partial charge in [-0.3, -0.25) is 9.59 Å². The third kappa shape index (κ3) is 3.29. The number of thiophene rings is 1. The molecule has 0 saturated carbocycles. The second-order valence-electron chi connectivity index (χ2n) is 4.27. The van der Waals surface area contributed by atoms with Crippen LogP contribution in [0.15, 0.2) is 24.3 Å². The normalized spacial score (nSPS) is 12.3. The molecule has 2 rings (SSSR count). The number of nitrogens with one attached hydrogen (secondary N) is 1. The molecule has 6 heteroatoms. The summed E-state index contributed by atoms with van der Waals surface area (Å²) in [7, 11) is 0. The first-order chi connectivity index (χ1) is 8.95. The number of hydrogen-bond donors (Lipinski definition) is 2. The Balaban J connectivity index is 2.15. The van der Waals surface area contributed by atoms with Gasteiger partial charge in [-0.15, -0.1) is 11.3 Å². The van der Waals surface area contributed by atoms with Crippen LogP contribution < -0.4 is 5.32 Å². The summed E-state index contributed by atoms with van der Waals surface area (Å²) in [6.45, 7) is 1.62. The molecule has 0 fully saturated rings. The Morgan fingerprint density at radius 1 is 1.42 bits per heavy atom. The number of carbonyl (C=O) groups excluding carboxylic acids is 1. The average molecular weight is 281 g/mol. The number of amides is 1. The van der Waals surface area contributed by atoms with E-state index in [1.165, 1.54) is 23.5 Å². The summed E-state index contributed by atoms with van der Waals surface area (Å²) in [5, 5.41) is 11.9. The molecule has 1 heterocycles. The zero-order valence-corrected chi connectivity index (χ0v) is 11.0. The molecule has 100 valence electrons. The van der Waals surface area contributed by atoms with E-state index in [0.29, 0.717) is 10.3 Å². The first kappa shape index (κ1) is 13.5. The molecule has 0 bridgehead atoms. The largest absolute Gasteiger partial charge is 0.481 e. The Morgan fingerprint density at radius 3 is 2.84 bits per heavy atom. The second kappa shape index (κ2) is 5.36. The van der Waals surface area contributed by atoms with Crippen LogP contribution in [0.5, 0.6) is 0 Å². The standard InChI is InChI=1S/C13H12FNO3S/c1-7(4-12(16)17)15-13(18)11-6-8-5-9(14)2-3-10(8)19-11/h2-3,5-7H,4H2,1H3,(H,15,18)(H,16,17). The highest BCUT2D eigenvalue weighted by Gasteiger charge is 2.15. The molecule has 1 aromatic carbocycles. The van der Waals surface area contributed by atoms with Gasteiger partial charge in [-0.05, 0) is 36.6 Å². The Morgan fingerprint density at radius 2 is 2.16 bits per heavy atom. The van der Waals surface area contributed by atoms with Crippen molar-refractivity contribution in [2.24, 2.45) is 0 Å². The highest BCUT2D eigenvalue weighted by molar-refractivity contribution is 7.20. The molecule has 0 radical (unpaired) electrons. The fourth-order valence-electron chi connectivity index (χ4n) is 1.73. The van der Waals surface area contributed by atoms with E-state index in [4.69, 9.17) is 5.11 Å². The van der Waals surface area contributed by atoms with E-state index >= 15 is 0 Å². The molecular formula is C13H12FNO3S. The maximum absolute atomic E-state index is 13.0. The molecule has 0 spiro atoms. The summed E-state index contributed by atoms with van der Waals surface area (Å²) >= 11 is 1.25. The third-order valence-corrected chi connectivity index (χ3v) is 3.68. The topological polar surface area (TPSA) is 66.4 Å². The first-order valence-corrected chi connectivity index (χ1v) is 6.49. The summed E-state index contributed by atoms with van der Waals surface area (Å²) < 4.78 is 13.9. The Hall–Kier alpha value is -1.95. The summed E-state index contributed by atoms with van der Waals surface area (Å²) in [5.74, 6) is -1.65. The van der Waals surface area contributed by atoms with Gasteiger partial charge in [0.15, 0.2) is 0 Å². The zero-order valence-electron chi connectivity index (χ0n) is 10.1. The van der Waals surface area contributed by atoms with Crippen LogP contribution in [-0.2, 0) is 4.79 Å². The lowest BCUT2D eigenvalue weighted by atomic mass is 10.2. The van der Waals surface area contributed by atoms with Crippen molar-refractivity contribution in [2.75, 3.05) is 0 Å². The summed E-state index contributed by atoms with van der Waals surface area (Å²) in [6.07, 6.45) is -0.134. The van der Waals surface area contributed by atoms with Crippen molar-refractivity contribution in [3.63, 3.8) is 0 Å². The van der Waals surface area contributed by atoms with Crippen LogP contribution in [0.4, 0.5) is 4.39 Å². The Bertz CT molecular complexity index is 638. The molecule has 2 N–H and O–H groups in total. The second-order valence-corrected chi connectivity index (χ2v) is 5.35. The molecule has 2 aromatic rings.